The van der Waals surface area contributed by atoms with Crippen LogP contribution in [0.15, 0.2) is 23.8 Å². The molecule has 18 heavy (non-hydrogen) atoms. The fourth-order valence-corrected chi connectivity index (χ4v) is 3.37. The van der Waals surface area contributed by atoms with Gasteiger partial charge in [-0.3, -0.25) is 4.79 Å². The van der Waals surface area contributed by atoms with Gasteiger partial charge in [-0.05, 0) is 42.6 Å². The summed E-state index contributed by atoms with van der Waals surface area (Å²) in [5.74, 6) is -0.351. The van der Waals surface area contributed by atoms with E-state index in [1.807, 2.05) is 0 Å². The highest BCUT2D eigenvalue weighted by atomic mass is 16.4. The lowest BCUT2D eigenvalue weighted by atomic mass is 9.57. The van der Waals surface area contributed by atoms with Gasteiger partial charge in [0.1, 0.15) is 0 Å². The van der Waals surface area contributed by atoms with Crippen molar-refractivity contribution in [3.05, 3.63) is 23.8 Å². The van der Waals surface area contributed by atoms with Crippen molar-refractivity contribution in [1.82, 2.24) is 0 Å². The third-order valence-corrected chi connectivity index (χ3v) is 4.86. The molecule has 3 heteroatoms. The summed E-state index contributed by atoms with van der Waals surface area (Å²) < 4.78 is 0. The molecule has 0 radical (unpaired) electrons. The summed E-state index contributed by atoms with van der Waals surface area (Å²) in [4.78, 5) is 22.6. The summed E-state index contributed by atoms with van der Waals surface area (Å²) >= 11 is 0. The minimum Gasteiger partial charge on any atom is -0.478 e. The predicted octanol–water partition coefficient (Wildman–Crippen LogP) is 2.97. The SMILES string of the molecule is C=C(C(=O)O)[C@@H]1CCC2=CC(=O)C[C@H](C)[C@@]2(C)C1. The zero-order valence-electron chi connectivity index (χ0n) is 11.0. The van der Waals surface area contributed by atoms with Gasteiger partial charge in [-0.2, -0.15) is 0 Å². The smallest absolute Gasteiger partial charge is 0.331 e. The zero-order chi connectivity index (χ0) is 13.5. The number of carboxylic acid groups (broad SMARTS) is 1. The maximum Gasteiger partial charge on any atom is 0.331 e. The van der Waals surface area contributed by atoms with E-state index in [1.54, 1.807) is 6.08 Å². The first kappa shape index (κ1) is 13.1. The fourth-order valence-electron chi connectivity index (χ4n) is 3.37. The van der Waals surface area contributed by atoms with Gasteiger partial charge < -0.3 is 5.11 Å². The Labute approximate surface area is 108 Å². The molecule has 1 fully saturated rings. The second kappa shape index (κ2) is 4.38. The van der Waals surface area contributed by atoms with Crippen molar-refractivity contribution in [3.63, 3.8) is 0 Å². The Bertz CT molecular complexity index is 447. The van der Waals surface area contributed by atoms with Crippen LogP contribution < -0.4 is 0 Å². The quantitative estimate of drug-likeness (QED) is 0.764. The lowest BCUT2D eigenvalue weighted by Crippen LogP contribution is -2.39. The highest BCUT2D eigenvalue weighted by molar-refractivity contribution is 5.92. The molecule has 0 amide bonds. The number of fused-ring (bicyclic) bond motifs is 1. The van der Waals surface area contributed by atoms with Gasteiger partial charge in [0.05, 0.1) is 0 Å². The van der Waals surface area contributed by atoms with Crippen molar-refractivity contribution in [1.29, 1.82) is 0 Å². The van der Waals surface area contributed by atoms with Crippen molar-refractivity contribution in [2.75, 3.05) is 0 Å². The molecule has 0 bridgehead atoms. The zero-order valence-corrected chi connectivity index (χ0v) is 11.0. The Morgan fingerprint density at radius 2 is 2.22 bits per heavy atom. The summed E-state index contributed by atoms with van der Waals surface area (Å²) in [6.45, 7) is 7.96. The lowest BCUT2D eigenvalue weighted by Gasteiger charge is -2.46. The van der Waals surface area contributed by atoms with Crippen LogP contribution in [0, 0.1) is 17.3 Å². The first-order chi connectivity index (χ1) is 8.34. The Kier molecular flexibility index (Phi) is 3.18. The lowest BCUT2D eigenvalue weighted by molar-refractivity contribution is -0.133. The monoisotopic (exact) mass is 248 g/mol. The maximum atomic E-state index is 11.6. The molecule has 0 saturated heterocycles. The van der Waals surface area contributed by atoms with Crippen LogP contribution in [-0.4, -0.2) is 16.9 Å². The molecule has 0 unspecified atom stereocenters. The van der Waals surface area contributed by atoms with Gasteiger partial charge >= 0.3 is 5.97 Å². The molecule has 0 aromatic heterocycles. The molecule has 2 rings (SSSR count). The summed E-state index contributed by atoms with van der Waals surface area (Å²) in [5.41, 5.74) is 1.50. The van der Waals surface area contributed by atoms with Crippen LogP contribution in [0.2, 0.25) is 0 Å². The van der Waals surface area contributed by atoms with E-state index < -0.39 is 5.97 Å². The van der Waals surface area contributed by atoms with Crippen molar-refractivity contribution in [2.24, 2.45) is 17.3 Å². The Morgan fingerprint density at radius 1 is 1.56 bits per heavy atom. The van der Waals surface area contributed by atoms with Crippen LogP contribution in [0.4, 0.5) is 0 Å². The molecule has 1 N–H and O–H groups in total. The molecule has 0 heterocycles. The minimum atomic E-state index is -0.893. The minimum absolute atomic E-state index is 0.0325. The van der Waals surface area contributed by atoms with E-state index in [-0.39, 0.29) is 23.0 Å². The Hall–Kier alpha value is -1.38. The van der Waals surface area contributed by atoms with Crippen LogP contribution in [0.3, 0.4) is 0 Å². The third kappa shape index (κ3) is 2.02. The first-order valence-electron chi connectivity index (χ1n) is 6.50. The van der Waals surface area contributed by atoms with Crippen molar-refractivity contribution in [3.8, 4) is 0 Å². The van der Waals surface area contributed by atoms with Gasteiger partial charge in [-0.15, -0.1) is 0 Å². The molecule has 0 aromatic carbocycles. The Balaban J connectivity index is 2.26. The van der Waals surface area contributed by atoms with Crippen LogP contribution in [0.1, 0.15) is 39.5 Å². The molecule has 0 aliphatic heterocycles. The summed E-state index contributed by atoms with van der Waals surface area (Å²) in [5, 5.41) is 9.05. The van der Waals surface area contributed by atoms with E-state index in [4.69, 9.17) is 5.11 Å². The van der Waals surface area contributed by atoms with Gasteiger partial charge in [0.25, 0.3) is 0 Å². The van der Waals surface area contributed by atoms with Crippen molar-refractivity contribution in [2.45, 2.75) is 39.5 Å². The van der Waals surface area contributed by atoms with Gasteiger partial charge in [-0.25, -0.2) is 4.79 Å². The van der Waals surface area contributed by atoms with E-state index in [0.29, 0.717) is 12.0 Å². The van der Waals surface area contributed by atoms with Crippen molar-refractivity contribution >= 4 is 11.8 Å². The number of ketones is 1. The number of carbonyl (C=O) groups is 2. The average molecular weight is 248 g/mol. The predicted molar refractivity (Wildman–Crippen MR) is 69.1 cm³/mol. The standard InChI is InChI=1S/C15H20O3/c1-9-6-13(16)7-12-5-4-11(8-15(9,12)3)10(2)14(17)18/h7,9,11H,2,4-6,8H2,1,3H3,(H,17,18)/t9-,11+,15+/m0/s1. The number of allylic oxidation sites excluding steroid dienone is 2. The third-order valence-electron chi connectivity index (χ3n) is 4.86. The molecule has 0 aromatic rings. The van der Waals surface area contributed by atoms with E-state index in [9.17, 15) is 9.59 Å². The molecule has 0 spiro atoms. The number of carboxylic acids is 1. The molecular formula is C15H20O3. The molecular weight excluding hydrogens is 228 g/mol. The summed E-state index contributed by atoms with van der Waals surface area (Å²) in [7, 11) is 0. The van der Waals surface area contributed by atoms with Crippen LogP contribution in [0.5, 0.6) is 0 Å². The van der Waals surface area contributed by atoms with Crippen LogP contribution in [0.25, 0.3) is 0 Å². The molecule has 98 valence electrons. The molecule has 2 aliphatic rings. The maximum absolute atomic E-state index is 11.6. The van der Waals surface area contributed by atoms with E-state index in [1.165, 1.54) is 5.57 Å². The normalized spacial score (nSPS) is 35.7. The average Bonchev–Trinajstić information content (AvgIpc) is 2.29. The van der Waals surface area contributed by atoms with Gasteiger partial charge in [0.2, 0.25) is 0 Å². The summed E-state index contributed by atoms with van der Waals surface area (Å²) in [6.07, 6.45) is 4.79. The van der Waals surface area contributed by atoms with E-state index in [2.05, 4.69) is 20.4 Å². The second-order valence-electron chi connectivity index (χ2n) is 5.93. The number of hydrogen-bond donors (Lipinski definition) is 1. The van der Waals surface area contributed by atoms with E-state index in [0.717, 1.165) is 19.3 Å². The molecule has 1 saturated carbocycles. The number of hydrogen-bond acceptors (Lipinski definition) is 2. The second-order valence-corrected chi connectivity index (χ2v) is 5.93. The Morgan fingerprint density at radius 3 is 2.83 bits per heavy atom. The largest absolute Gasteiger partial charge is 0.478 e. The molecule has 3 nitrogen and oxygen atoms in total. The van der Waals surface area contributed by atoms with Gasteiger partial charge in [0, 0.05) is 12.0 Å². The van der Waals surface area contributed by atoms with Crippen LogP contribution in [-0.2, 0) is 9.59 Å². The first-order valence-corrected chi connectivity index (χ1v) is 6.50. The molecule has 2 aliphatic carbocycles. The van der Waals surface area contributed by atoms with Crippen LogP contribution >= 0.6 is 0 Å². The van der Waals surface area contributed by atoms with E-state index >= 15 is 0 Å². The fraction of sp³-hybridized carbons (Fsp3) is 0.600. The molecule has 3 atom stereocenters. The highest BCUT2D eigenvalue weighted by Crippen LogP contribution is 2.52. The number of rotatable bonds is 2. The topological polar surface area (TPSA) is 54.4 Å². The summed E-state index contributed by atoms with van der Waals surface area (Å²) in [6, 6.07) is 0. The van der Waals surface area contributed by atoms with Gasteiger partial charge in [-0.1, -0.05) is 26.0 Å². The van der Waals surface area contributed by atoms with Gasteiger partial charge in [0.15, 0.2) is 5.78 Å². The number of carbonyl (C=O) groups excluding carboxylic acids is 1. The number of aliphatic carboxylic acids is 1. The van der Waals surface area contributed by atoms with Crippen molar-refractivity contribution < 1.29 is 14.7 Å². The highest BCUT2D eigenvalue weighted by Gasteiger charge is 2.44.